The summed E-state index contributed by atoms with van der Waals surface area (Å²) in [6, 6.07) is 0. The summed E-state index contributed by atoms with van der Waals surface area (Å²) in [6.45, 7) is 8.47. The van der Waals surface area contributed by atoms with Crippen molar-refractivity contribution in [3.05, 3.63) is 0 Å². The molecule has 1 saturated carbocycles. The second kappa shape index (κ2) is 4.00. The Labute approximate surface area is 102 Å². The molecule has 2 atom stereocenters. The number of esters is 1. The van der Waals surface area contributed by atoms with Gasteiger partial charge in [0.15, 0.2) is 0 Å². The van der Waals surface area contributed by atoms with Gasteiger partial charge < -0.3 is 9.57 Å². The highest BCUT2D eigenvalue weighted by molar-refractivity contribution is 6.00. The zero-order valence-corrected chi connectivity index (χ0v) is 11.1. The van der Waals surface area contributed by atoms with E-state index in [1.807, 2.05) is 6.92 Å². The van der Waals surface area contributed by atoms with Crippen molar-refractivity contribution in [2.24, 2.45) is 16.5 Å². The van der Waals surface area contributed by atoms with Gasteiger partial charge in [0.25, 0.3) is 0 Å². The molecule has 0 N–H and O–H groups in total. The first-order valence-corrected chi connectivity index (χ1v) is 6.41. The molecule has 2 unspecified atom stereocenters. The number of carbonyl (C=O) groups is 1. The van der Waals surface area contributed by atoms with Gasteiger partial charge in [-0.3, -0.25) is 0 Å². The maximum atomic E-state index is 12.2. The van der Waals surface area contributed by atoms with E-state index in [0.717, 1.165) is 18.6 Å². The van der Waals surface area contributed by atoms with Gasteiger partial charge in [-0.15, -0.1) is 0 Å². The molecule has 2 rings (SSSR count). The van der Waals surface area contributed by atoms with Gasteiger partial charge in [-0.25, -0.2) is 4.79 Å². The van der Waals surface area contributed by atoms with Crippen LogP contribution in [0.2, 0.25) is 0 Å². The molecule has 0 saturated heterocycles. The van der Waals surface area contributed by atoms with E-state index in [1.165, 1.54) is 0 Å². The number of oxime groups is 1. The van der Waals surface area contributed by atoms with Gasteiger partial charge in [0, 0.05) is 6.42 Å². The summed E-state index contributed by atoms with van der Waals surface area (Å²) < 4.78 is 5.19. The molecule has 0 bridgehead atoms. The van der Waals surface area contributed by atoms with Crippen LogP contribution in [-0.4, -0.2) is 23.9 Å². The van der Waals surface area contributed by atoms with E-state index in [2.05, 4.69) is 25.9 Å². The van der Waals surface area contributed by atoms with Crippen LogP contribution in [0.5, 0.6) is 0 Å². The van der Waals surface area contributed by atoms with Crippen molar-refractivity contribution in [3.8, 4) is 0 Å². The van der Waals surface area contributed by atoms with E-state index in [1.54, 1.807) is 0 Å². The fraction of sp³-hybridized carbons (Fsp3) is 0.846. The number of hydrogen-bond donors (Lipinski definition) is 0. The summed E-state index contributed by atoms with van der Waals surface area (Å²) in [6.07, 6.45) is 2.64. The largest absolute Gasteiger partial charge is 0.463 e. The highest BCUT2D eigenvalue weighted by atomic mass is 16.7. The zero-order valence-electron chi connectivity index (χ0n) is 11.1. The molecule has 1 fully saturated rings. The number of rotatable bonds is 3. The normalized spacial score (nSPS) is 35.5. The molecule has 2 aliphatic rings. The first-order chi connectivity index (χ1) is 7.98. The zero-order chi connectivity index (χ0) is 12.7. The van der Waals surface area contributed by atoms with Crippen LogP contribution in [0.3, 0.4) is 0 Å². The van der Waals surface area contributed by atoms with Crippen molar-refractivity contribution in [3.63, 3.8) is 0 Å². The molecule has 1 aliphatic heterocycles. The van der Waals surface area contributed by atoms with E-state index in [-0.39, 0.29) is 11.4 Å². The summed E-state index contributed by atoms with van der Waals surface area (Å²) in [5, 5.41) is 4.18. The lowest BCUT2D eigenvalue weighted by atomic mass is 9.70. The second-order valence-electron chi connectivity index (χ2n) is 5.46. The van der Waals surface area contributed by atoms with Crippen molar-refractivity contribution in [1.29, 1.82) is 0 Å². The predicted molar refractivity (Wildman–Crippen MR) is 64.7 cm³/mol. The lowest BCUT2D eigenvalue weighted by Crippen LogP contribution is -2.51. The summed E-state index contributed by atoms with van der Waals surface area (Å²) in [5.41, 5.74) is -0.140. The van der Waals surface area contributed by atoms with E-state index >= 15 is 0 Å². The molecule has 96 valence electrons. The van der Waals surface area contributed by atoms with Crippen molar-refractivity contribution >= 4 is 11.7 Å². The molecule has 0 spiro atoms. The topological polar surface area (TPSA) is 47.9 Å². The average Bonchev–Trinajstić information content (AvgIpc) is 2.70. The highest BCUT2D eigenvalue weighted by Crippen LogP contribution is 2.55. The van der Waals surface area contributed by atoms with Crippen LogP contribution >= 0.6 is 0 Å². The smallest absolute Gasteiger partial charge is 0.354 e. The molecule has 0 amide bonds. The first kappa shape index (κ1) is 12.4. The van der Waals surface area contributed by atoms with Crippen molar-refractivity contribution in [2.45, 2.75) is 52.6 Å². The number of ether oxygens (including phenoxy) is 1. The summed E-state index contributed by atoms with van der Waals surface area (Å²) in [5.74, 6) is 0.0498. The molecule has 4 nitrogen and oxygen atoms in total. The second-order valence-corrected chi connectivity index (χ2v) is 5.46. The van der Waals surface area contributed by atoms with E-state index < -0.39 is 5.60 Å². The van der Waals surface area contributed by atoms with Crippen LogP contribution < -0.4 is 0 Å². The molecule has 0 radical (unpaired) electrons. The summed E-state index contributed by atoms with van der Waals surface area (Å²) in [4.78, 5) is 17.8. The lowest BCUT2D eigenvalue weighted by molar-refractivity contribution is -0.176. The molecule has 0 aromatic carbocycles. The molecule has 0 aromatic heterocycles. The standard InChI is InChI=1S/C13H21NO3/c1-5-16-11(15)13-8-6-7-12(13,4)10(9(2)3)14-17-13/h9H,5-8H2,1-4H3. The molecular formula is C13H21NO3. The molecular weight excluding hydrogens is 218 g/mol. The van der Waals surface area contributed by atoms with Crippen LogP contribution in [0.4, 0.5) is 0 Å². The minimum Gasteiger partial charge on any atom is -0.463 e. The number of fused-ring (bicyclic) bond motifs is 1. The van der Waals surface area contributed by atoms with Crippen molar-refractivity contribution in [2.75, 3.05) is 6.61 Å². The van der Waals surface area contributed by atoms with Crippen LogP contribution in [0.25, 0.3) is 0 Å². The number of hydrogen-bond acceptors (Lipinski definition) is 4. The van der Waals surface area contributed by atoms with Gasteiger partial charge >= 0.3 is 5.97 Å². The number of nitrogens with zero attached hydrogens (tertiary/aromatic N) is 1. The Morgan fingerprint density at radius 1 is 1.53 bits per heavy atom. The monoisotopic (exact) mass is 239 g/mol. The lowest BCUT2D eigenvalue weighted by Gasteiger charge is -2.34. The molecule has 1 aliphatic carbocycles. The maximum absolute atomic E-state index is 12.2. The van der Waals surface area contributed by atoms with Crippen LogP contribution in [0, 0.1) is 11.3 Å². The van der Waals surface area contributed by atoms with Crippen molar-refractivity contribution in [1.82, 2.24) is 0 Å². The third-order valence-corrected chi connectivity index (χ3v) is 4.11. The Bertz CT molecular complexity index is 364. The Morgan fingerprint density at radius 3 is 2.82 bits per heavy atom. The van der Waals surface area contributed by atoms with E-state index in [0.29, 0.717) is 18.9 Å². The number of carbonyl (C=O) groups excluding carboxylic acids is 1. The predicted octanol–water partition coefficient (Wildman–Crippen LogP) is 2.52. The van der Waals surface area contributed by atoms with Gasteiger partial charge in [0.1, 0.15) is 0 Å². The molecule has 17 heavy (non-hydrogen) atoms. The summed E-state index contributed by atoms with van der Waals surface area (Å²) in [7, 11) is 0. The molecule has 0 aromatic rings. The van der Waals surface area contributed by atoms with Crippen LogP contribution in [0.15, 0.2) is 5.16 Å². The third-order valence-electron chi connectivity index (χ3n) is 4.11. The Kier molecular flexibility index (Phi) is 2.92. The van der Waals surface area contributed by atoms with Crippen LogP contribution in [0.1, 0.15) is 47.0 Å². The maximum Gasteiger partial charge on any atom is 0.354 e. The average molecular weight is 239 g/mol. The van der Waals surface area contributed by atoms with E-state index in [9.17, 15) is 4.79 Å². The third kappa shape index (κ3) is 1.49. The Morgan fingerprint density at radius 2 is 2.24 bits per heavy atom. The van der Waals surface area contributed by atoms with Gasteiger partial charge in [-0.2, -0.15) is 0 Å². The van der Waals surface area contributed by atoms with Crippen LogP contribution in [-0.2, 0) is 14.4 Å². The SMILES string of the molecule is CCOC(=O)C12CCCC1(C)C(C(C)C)=NO2. The highest BCUT2D eigenvalue weighted by Gasteiger charge is 2.66. The Hall–Kier alpha value is -1.06. The van der Waals surface area contributed by atoms with Gasteiger partial charge in [-0.1, -0.05) is 19.0 Å². The fourth-order valence-electron chi connectivity index (χ4n) is 3.23. The Balaban J connectivity index is 2.34. The summed E-state index contributed by atoms with van der Waals surface area (Å²) >= 11 is 0. The first-order valence-electron chi connectivity index (χ1n) is 6.41. The van der Waals surface area contributed by atoms with Gasteiger partial charge in [0.05, 0.1) is 17.7 Å². The van der Waals surface area contributed by atoms with E-state index in [4.69, 9.17) is 9.57 Å². The minimum absolute atomic E-state index is 0.251. The quantitative estimate of drug-likeness (QED) is 0.711. The minimum atomic E-state index is -0.859. The molecule has 4 heteroatoms. The van der Waals surface area contributed by atoms with Gasteiger partial charge in [0.2, 0.25) is 5.60 Å². The van der Waals surface area contributed by atoms with Crippen molar-refractivity contribution < 1.29 is 14.4 Å². The molecule has 1 heterocycles. The fourth-order valence-corrected chi connectivity index (χ4v) is 3.23. The van der Waals surface area contributed by atoms with Gasteiger partial charge in [-0.05, 0) is 32.6 Å².